The Morgan fingerprint density at radius 1 is 1.30 bits per heavy atom. The molecular weight excluding hydrogens is 306 g/mol. The van der Waals surface area contributed by atoms with Gasteiger partial charge < -0.3 is 14.8 Å². The Hall–Kier alpha value is -1.77. The van der Waals surface area contributed by atoms with Crippen LogP contribution in [0.2, 0.25) is 18.1 Å². The minimum Gasteiger partial charge on any atom is -0.465 e. The molecule has 5 heteroatoms. The zero-order chi connectivity index (χ0) is 17.7. The topological polar surface area (TPSA) is 58.6 Å². The summed E-state index contributed by atoms with van der Waals surface area (Å²) >= 11 is 0. The van der Waals surface area contributed by atoms with Crippen LogP contribution < -0.4 is 5.32 Å². The van der Waals surface area contributed by atoms with Gasteiger partial charge in [-0.15, -0.1) is 5.92 Å². The van der Waals surface area contributed by atoms with E-state index in [0.717, 1.165) is 11.1 Å². The SMILES string of the molecule is CC#Cc1ccc(C(CO[Si](C)(C)C(C)(C)C)NC(=O)O)cc1. The number of hydrogen-bond acceptors (Lipinski definition) is 2. The van der Waals surface area contributed by atoms with E-state index in [4.69, 9.17) is 9.53 Å². The number of hydrogen-bond donors (Lipinski definition) is 2. The van der Waals surface area contributed by atoms with Crippen LogP contribution in [0.4, 0.5) is 4.79 Å². The summed E-state index contributed by atoms with van der Waals surface area (Å²) in [5.74, 6) is 5.83. The molecule has 2 N–H and O–H groups in total. The van der Waals surface area contributed by atoms with Gasteiger partial charge in [-0.05, 0) is 42.8 Å². The van der Waals surface area contributed by atoms with Crippen LogP contribution >= 0.6 is 0 Å². The average Bonchev–Trinajstić information content (AvgIpc) is 2.43. The van der Waals surface area contributed by atoms with Gasteiger partial charge in [0.15, 0.2) is 8.32 Å². The van der Waals surface area contributed by atoms with Gasteiger partial charge in [-0.1, -0.05) is 38.8 Å². The summed E-state index contributed by atoms with van der Waals surface area (Å²) in [6.07, 6.45) is -1.05. The summed E-state index contributed by atoms with van der Waals surface area (Å²) < 4.78 is 6.17. The van der Waals surface area contributed by atoms with Crippen molar-refractivity contribution in [3.05, 3.63) is 35.4 Å². The van der Waals surface area contributed by atoms with Crippen molar-refractivity contribution >= 4 is 14.4 Å². The zero-order valence-electron chi connectivity index (χ0n) is 14.9. The molecule has 1 rings (SSSR count). The molecule has 0 aromatic heterocycles. The van der Waals surface area contributed by atoms with Crippen molar-refractivity contribution in [2.45, 2.75) is 51.9 Å². The summed E-state index contributed by atoms with van der Waals surface area (Å²) in [7, 11) is -1.93. The summed E-state index contributed by atoms with van der Waals surface area (Å²) in [4.78, 5) is 11.1. The highest BCUT2D eigenvalue weighted by atomic mass is 28.4. The maximum absolute atomic E-state index is 11.1. The van der Waals surface area contributed by atoms with E-state index in [1.807, 2.05) is 24.3 Å². The lowest BCUT2D eigenvalue weighted by atomic mass is 10.1. The third-order valence-corrected chi connectivity index (χ3v) is 8.80. The van der Waals surface area contributed by atoms with Crippen molar-refractivity contribution in [1.82, 2.24) is 5.32 Å². The molecule has 0 aliphatic carbocycles. The average molecular weight is 334 g/mol. The van der Waals surface area contributed by atoms with E-state index in [2.05, 4.69) is 51.0 Å². The molecule has 0 fully saturated rings. The Bertz CT molecular complexity index is 591. The highest BCUT2D eigenvalue weighted by molar-refractivity contribution is 6.74. The van der Waals surface area contributed by atoms with Crippen molar-refractivity contribution in [3.63, 3.8) is 0 Å². The molecule has 1 aromatic rings. The van der Waals surface area contributed by atoms with Crippen molar-refractivity contribution < 1.29 is 14.3 Å². The molecule has 1 unspecified atom stereocenters. The molecule has 0 heterocycles. The summed E-state index contributed by atoms with van der Waals surface area (Å²) in [5.41, 5.74) is 1.79. The van der Waals surface area contributed by atoms with Gasteiger partial charge in [-0.25, -0.2) is 4.79 Å². The van der Waals surface area contributed by atoms with E-state index in [9.17, 15) is 4.79 Å². The van der Waals surface area contributed by atoms with Crippen LogP contribution in [0.25, 0.3) is 0 Å². The predicted molar refractivity (Wildman–Crippen MR) is 96.0 cm³/mol. The molecule has 1 amide bonds. The van der Waals surface area contributed by atoms with Gasteiger partial charge in [0, 0.05) is 5.56 Å². The first kappa shape index (κ1) is 19.3. The van der Waals surface area contributed by atoms with E-state index in [-0.39, 0.29) is 11.1 Å². The van der Waals surface area contributed by atoms with Crippen LogP contribution in [0.1, 0.15) is 44.9 Å². The van der Waals surface area contributed by atoms with Crippen LogP contribution in [-0.4, -0.2) is 26.1 Å². The fraction of sp³-hybridized carbons (Fsp3) is 0.500. The summed E-state index contributed by atoms with van der Waals surface area (Å²) in [6.45, 7) is 12.9. The fourth-order valence-electron chi connectivity index (χ4n) is 1.82. The number of carboxylic acid groups (broad SMARTS) is 1. The minimum atomic E-state index is -1.93. The smallest absolute Gasteiger partial charge is 0.405 e. The quantitative estimate of drug-likeness (QED) is 0.620. The standard InChI is InChI=1S/C18H27NO3Si/c1-7-8-14-9-11-15(12-10-14)16(19-17(20)21)13-22-23(5,6)18(2,3)4/h9-12,16,19H,13H2,1-6H3,(H,20,21). The highest BCUT2D eigenvalue weighted by Gasteiger charge is 2.37. The maximum Gasteiger partial charge on any atom is 0.405 e. The second kappa shape index (κ2) is 7.67. The molecule has 23 heavy (non-hydrogen) atoms. The summed E-state index contributed by atoms with van der Waals surface area (Å²) in [6, 6.07) is 7.21. The van der Waals surface area contributed by atoms with Gasteiger partial charge >= 0.3 is 6.09 Å². The van der Waals surface area contributed by atoms with Crippen LogP contribution in [0, 0.1) is 11.8 Å². The second-order valence-electron chi connectivity index (χ2n) is 7.07. The molecule has 0 aliphatic rings. The Labute approximate surface area is 140 Å². The number of rotatable bonds is 5. The van der Waals surface area contributed by atoms with Gasteiger partial charge in [0.1, 0.15) is 0 Å². The Kier molecular flexibility index (Phi) is 6.43. The van der Waals surface area contributed by atoms with Gasteiger partial charge in [0.2, 0.25) is 0 Å². The molecule has 126 valence electrons. The van der Waals surface area contributed by atoms with Crippen molar-refractivity contribution in [1.29, 1.82) is 0 Å². The predicted octanol–water partition coefficient (Wildman–Crippen LogP) is 4.39. The highest BCUT2D eigenvalue weighted by Crippen LogP contribution is 2.37. The van der Waals surface area contributed by atoms with Crippen LogP contribution in [0.3, 0.4) is 0 Å². The van der Waals surface area contributed by atoms with E-state index in [0.29, 0.717) is 6.61 Å². The number of benzene rings is 1. The molecule has 4 nitrogen and oxygen atoms in total. The minimum absolute atomic E-state index is 0.0847. The van der Waals surface area contributed by atoms with Gasteiger partial charge in [0.25, 0.3) is 0 Å². The first-order valence-electron chi connectivity index (χ1n) is 7.73. The first-order chi connectivity index (χ1) is 10.6. The van der Waals surface area contributed by atoms with E-state index in [1.54, 1.807) is 6.92 Å². The van der Waals surface area contributed by atoms with Crippen molar-refractivity contribution in [2.75, 3.05) is 6.61 Å². The first-order valence-corrected chi connectivity index (χ1v) is 10.6. The molecule has 1 atom stereocenters. The molecule has 0 saturated heterocycles. The Morgan fingerprint density at radius 3 is 2.30 bits per heavy atom. The molecular formula is C18H27NO3Si. The van der Waals surface area contributed by atoms with Crippen LogP contribution in [-0.2, 0) is 4.43 Å². The lowest BCUT2D eigenvalue weighted by Gasteiger charge is -2.37. The molecule has 0 bridgehead atoms. The Balaban J connectivity index is 2.92. The molecule has 0 spiro atoms. The van der Waals surface area contributed by atoms with Gasteiger partial charge in [-0.2, -0.15) is 0 Å². The molecule has 0 radical (unpaired) electrons. The fourth-order valence-corrected chi connectivity index (χ4v) is 2.84. The van der Waals surface area contributed by atoms with Crippen molar-refractivity contribution in [3.8, 4) is 11.8 Å². The van der Waals surface area contributed by atoms with E-state index in [1.165, 1.54) is 0 Å². The van der Waals surface area contributed by atoms with Gasteiger partial charge in [-0.3, -0.25) is 0 Å². The second-order valence-corrected chi connectivity index (χ2v) is 11.9. The number of amides is 1. The third-order valence-electron chi connectivity index (χ3n) is 4.30. The van der Waals surface area contributed by atoms with E-state index < -0.39 is 14.4 Å². The van der Waals surface area contributed by atoms with Crippen LogP contribution in [0.5, 0.6) is 0 Å². The molecule has 0 aliphatic heterocycles. The Morgan fingerprint density at radius 2 is 1.87 bits per heavy atom. The molecule has 1 aromatic carbocycles. The zero-order valence-corrected chi connectivity index (χ0v) is 15.9. The lowest BCUT2D eigenvalue weighted by molar-refractivity contribution is 0.178. The summed E-state index contributed by atoms with van der Waals surface area (Å²) in [5, 5.41) is 11.7. The van der Waals surface area contributed by atoms with Gasteiger partial charge in [0.05, 0.1) is 12.6 Å². The third kappa shape index (κ3) is 5.74. The van der Waals surface area contributed by atoms with Crippen molar-refractivity contribution in [2.24, 2.45) is 0 Å². The van der Waals surface area contributed by atoms with Crippen LogP contribution in [0.15, 0.2) is 24.3 Å². The lowest BCUT2D eigenvalue weighted by Crippen LogP contribution is -2.43. The number of carbonyl (C=O) groups is 1. The van der Waals surface area contributed by atoms with E-state index >= 15 is 0 Å². The largest absolute Gasteiger partial charge is 0.465 e. The number of nitrogens with one attached hydrogen (secondary N) is 1. The normalized spacial score (nSPS) is 13.0. The monoisotopic (exact) mass is 333 g/mol. The molecule has 0 saturated carbocycles. The maximum atomic E-state index is 11.1.